The molecule has 0 aromatic heterocycles. The maximum absolute atomic E-state index is 4.26. The monoisotopic (exact) mass is 281 g/mol. The van der Waals surface area contributed by atoms with Crippen LogP contribution in [0.2, 0.25) is 0 Å². The summed E-state index contributed by atoms with van der Waals surface area (Å²) in [6.07, 6.45) is 0. The second-order valence-electron chi connectivity index (χ2n) is 5.26. The van der Waals surface area contributed by atoms with Gasteiger partial charge in [-0.2, -0.15) is 0 Å². The first-order valence-corrected chi connectivity index (χ1v) is 7.23. The zero-order valence-electron chi connectivity index (χ0n) is 13.0. The Balaban J connectivity index is 1.86. The highest BCUT2D eigenvalue weighted by Gasteiger charge is 1.99. The molecule has 0 aliphatic carbocycles. The zero-order valence-corrected chi connectivity index (χ0v) is 13.0. The molecule has 0 bridgehead atoms. The SMILES string of the molecule is CN=C(NCc1cccc(C)c1)NCc1cccc(C)c1. The van der Waals surface area contributed by atoms with Crippen molar-refractivity contribution in [3.63, 3.8) is 0 Å². The number of hydrogen-bond donors (Lipinski definition) is 2. The first kappa shape index (κ1) is 15.1. The highest BCUT2D eigenvalue weighted by Crippen LogP contribution is 2.04. The molecule has 0 heterocycles. The number of nitrogens with zero attached hydrogens (tertiary/aromatic N) is 1. The van der Waals surface area contributed by atoms with Gasteiger partial charge in [-0.1, -0.05) is 59.7 Å². The van der Waals surface area contributed by atoms with Gasteiger partial charge in [-0.25, -0.2) is 0 Å². The van der Waals surface area contributed by atoms with E-state index < -0.39 is 0 Å². The second kappa shape index (κ2) is 7.48. The van der Waals surface area contributed by atoms with E-state index in [1.54, 1.807) is 7.05 Å². The molecular weight excluding hydrogens is 258 g/mol. The molecule has 3 nitrogen and oxygen atoms in total. The molecule has 0 aliphatic heterocycles. The summed E-state index contributed by atoms with van der Waals surface area (Å²) in [4.78, 5) is 4.26. The van der Waals surface area contributed by atoms with E-state index in [-0.39, 0.29) is 0 Å². The highest BCUT2D eigenvalue weighted by atomic mass is 15.2. The summed E-state index contributed by atoms with van der Waals surface area (Å²) < 4.78 is 0. The Morgan fingerprint density at radius 2 is 1.33 bits per heavy atom. The van der Waals surface area contributed by atoms with Gasteiger partial charge in [0.1, 0.15) is 0 Å². The van der Waals surface area contributed by atoms with Crippen LogP contribution in [0.1, 0.15) is 22.3 Å². The summed E-state index contributed by atoms with van der Waals surface area (Å²) in [5, 5.41) is 6.67. The van der Waals surface area contributed by atoms with Gasteiger partial charge in [0.2, 0.25) is 0 Å². The second-order valence-corrected chi connectivity index (χ2v) is 5.26. The molecule has 2 aromatic rings. The highest BCUT2D eigenvalue weighted by molar-refractivity contribution is 5.79. The standard InChI is InChI=1S/C18H23N3/c1-14-6-4-8-16(10-14)12-20-18(19-3)21-13-17-9-5-7-15(2)11-17/h4-11H,12-13H2,1-3H3,(H2,19,20,21). The van der Waals surface area contributed by atoms with Crippen LogP contribution in [0.3, 0.4) is 0 Å². The summed E-state index contributed by atoms with van der Waals surface area (Å²) in [6.45, 7) is 5.76. The van der Waals surface area contributed by atoms with Gasteiger partial charge in [0.15, 0.2) is 5.96 Å². The van der Waals surface area contributed by atoms with Gasteiger partial charge >= 0.3 is 0 Å². The third-order valence-corrected chi connectivity index (χ3v) is 3.31. The van der Waals surface area contributed by atoms with Crippen LogP contribution >= 0.6 is 0 Å². The maximum Gasteiger partial charge on any atom is 0.191 e. The molecule has 21 heavy (non-hydrogen) atoms. The zero-order chi connectivity index (χ0) is 15.1. The van der Waals surface area contributed by atoms with Crippen LogP contribution in [0.5, 0.6) is 0 Å². The molecule has 0 radical (unpaired) electrons. The van der Waals surface area contributed by atoms with E-state index in [0.717, 1.165) is 19.0 Å². The Bertz CT molecular complexity index is 566. The molecule has 0 saturated carbocycles. The molecular formula is C18H23N3. The molecule has 2 aromatic carbocycles. The predicted molar refractivity (Wildman–Crippen MR) is 89.4 cm³/mol. The van der Waals surface area contributed by atoms with Crippen molar-refractivity contribution in [3.8, 4) is 0 Å². The topological polar surface area (TPSA) is 36.4 Å². The number of guanidine groups is 1. The first-order valence-electron chi connectivity index (χ1n) is 7.23. The first-order chi connectivity index (χ1) is 10.2. The van der Waals surface area contributed by atoms with E-state index in [1.807, 2.05) is 0 Å². The van der Waals surface area contributed by atoms with Crippen molar-refractivity contribution in [2.24, 2.45) is 4.99 Å². The molecule has 0 saturated heterocycles. The van der Waals surface area contributed by atoms with E-state index in [1.165, 1.54) is 22.3 Å². The third kappa shape index (κ3) is 4.95. The lowest BCUT2D eigenvalue weighted by Gasteiger charge is -2.12. The minimum atomic E-state index is 0.773. The van der Waals surface area contributed by atoms with Gasteiger partial charge < -0.3 is 10.6 Å². The largest absolute Gasteiger partial charge is 0.352 e. The number of nitrogens with one attached hydrogen (secondary N) is 2. The summed E-state index contributed by atoms with van der Waals surface area (Å²) >= 11 is 0. The summed E-state index contributed by atoms with van der Waals surface area (Å²) in [5.41, 5.74) is 5.07. The number of benzene rings is 2. The van der Waals surface area contributed by atoms with Crippen molar-refractivity contribution in [2.45, 2.75) is 26.9 Å². The third-order valence-electron chi connectivity index (χ3n) is 3.31. The lowest BCUT2D eigenvalue weighted by Crippen LogP contribution is -2.36. The fraction of sp³-hybridized carbons (Fsp3) is 0.278. The lowest BCUT2D eigenvalue weighted by atomic mass is 10.1. The van der Waals surface area contributed by atoms with Crippen molar-refractivity contribution < 1.29 is 0 Å². The molecule has 0 atom stereocenters. The van der Waals surface area contributed by atoms with E-state index in [2.05, 4.69) is 78.0 Å². The van der Waals surface area contributed by atoms with Crippen LogP contribution in [-0.4, -0.2) is 13.0 Å². The minimum Gasteiger partial charge on any atom is -0.352 e. The van der Waals surface area contributed by atoms with Crippen molar-refractivity contribution in [3.05, 3.63) is 70.8 Å². The number of hydrogen-bond acceptors (Lipinski definition) is 1. The summed E-state index contributed by atoms with van der Waals surface area (Å²) in [5.74, 6) is 0.818. The van der Waals surface area contributed by atoms with Crippen molar-refractivity contribution in [1.29, 1.82) is 0 Å². The van der Waals surface area contributed by atoms with Crippen molar-refractivity contribution in [1.82, 2.24) is 10.6 Å². The molecule has 0 aliphatic rings. The van der Waals surface area contributed by atoms with Crippen molar-refractivity contribution in [2.75, 3.05) is 7.05 Å². The van der Waals surface area contributed by atoms with Crippen molar-refractivity contribution >= 4 is 5.96 Å². The Morgan fingerprint density at radius 3 is 1.71 bits per heavy atom. The van der Waals surface area contributed by atoms with Gasteiger partial charge in [0, 0.05) is 20.1 Å². The van der Waals surface area contributed by atoms with Gasteiger partial charge in [-0.05, 0) is 25.0 Å². The average molecular weight is 281 g/mol. The molecule has 0 spiro atoms. The van der Waals surface area contributed by atoms with Gasteiger partial charge in [-0.3, -0.25) is 4.99 Å². The van der Waals surface area contributed by atoms with Crippen LogP contribution in [0, 0.1) is 13.8 Å². The molecule has 2 N–H and O–H groups in total. The smallest absolute Gasteiger partial charge is 0.191 e. The average Bonchev–Trinajstić information content (AvgIpc) is 2.47. The molecule has 110 valence electrons. The fourth-order valence-corrected chi connectivity index (χ4v) is 2.24. The van der Waals surface area contributed by atoms with E-state index >= 15 is 0 Å². The van der Waals surface area contributed by atoms with E-state index in [0.29, 0.717) is 0 Å². The van der Waals surface area contributed by atoms with Crippen LogP contribution in [0.15, 0.2) is 53.5 Å². The van der Waals surface area contributed by atoms with Gasteiger partial charge in [0.05, 0.1) is 0 Å². The molecule has 2 rings (SSSR count). The predicted octanol–water partition coefficient (Wildman–Crippen LogP) is 3.17. The number of aryl methyl sites for hydroxylation is 2. The molecule has 3 heteroatoms. The van der Waals surface area contributed by atoms with Crippen LogP contribution in [-0.2, 0) is 13.1 Å². The fourth-order valence-electron chi connectivity index (χ4n) is 2.24. The Labute approximate surface area is 127 Å². The Hall–Kier alpha value is -2.29. The van der Waals surface area contributed by atoms with Gasteiger partial charge in [0.25, 0.3) is 0 Å². The van der Waals surface area contributed by atoms with Crippen LogP contribution < -0.4 is 10.6 Å². The van der Waals surface area contributed by atoms with Gasteiger partial charge in [-0.15, -0.1) is 0 Å². The minimum absolute atomic E-state index is 0.773. The quantitative estimate of drug-likeness (QED) is 0.667. The Kier molecular flexibility index (Phi) is 5.38. The number of aliphatic imine (C=N–C) groups is 1. The molecule has 0 amide bonds. The van der Waals surface area contributed by atoms with Crippen LogP contribution in [0.25, 0.3) is 0 Å². The Morgan fingerprint density at radius 1 is 0.857 bits per heavy atom. The lowest BCUT2D eigenvalue weighted by molar-refractivity contribution is 0.808. The van der Waals surface area contributed by atoms with E-state index in [4.69, 9.17) is 0 Å². The maximum atomic E-state index is 4.26. The summed E-state index contributed by atoms with van der Waals surface area (Å²) in [7, 11) is 1.79. The number of rotatable bonds is 4. The molecule has 0 unspecified atom stereocenters. The molecule has 0 fully saturated rings. The normalized spacial score (nSPS) is 10.0. The van der Waals surface area contributed by atoms with Crippen LogP contribution in [0.4, 0.5) is 0 Å². The summed E-state index contributed by atoms with van der Waals surface area (Å²) in [6, 6.07) is 17.0. The van der Waals surface area contributed by atoms with E-state index in [9.17, 15) is 0 Å².